The van der Waals surface area contributed by atoms with Crippen molar-refractivity contribution in [1.29, 1.82) is 0 Å². The summed E-state index contributed by atoms with van der Waals surface area (Å²) in [6, 6.07) is 6.84. The lowest BCUT2D eigenvalue weighted by atomic mass is 9.81. The summed E-state index contributed by atoms with van der Waals surface area (Å²) in [6.07, 6.45) is 4.43. The number of thiazole rings is 1. The van der Waals surface area contributed by atoms with E-state index in [0.29, 0.717) is 23.9 Å². The lowest BCUT2D eigenvalue weighted by Crippen LogP contribution is -2.31. The van der Waals surface area contributed by atoms with E-state index in [2.05, 4.69) is 4.98 Å². The largest absolute Gasteiger partial charge is 0.327 e. The van der Waals surface area contributed by atoms with E-state index < -0.39 is 29.4 Å². The molecule has 2 aromatic heterocycles. The monoisotopic (exact) mass is 445 g/mol. The molecule has 5 rings (SSSR count). The third-order valence-electron chi connectivity index (χ3n) is 5.48. The van der Waals surface area contributed by atoms with Gasteiger partial charge in [-0.25, -0.2) is 18.2 Å². The van der Waals surface area contributed by atoms with Gasteiger partial charge < -0.3 is 5.73 Å². The zero-order chi connectivity index (χ0) is 21.0. The van der Waals surface area contributed by atoms with Crippen LogP contribution in [0.15, 0.2) is 42.6 Å². The molecule has 0 saturated carbocycles. The van der Waals surface area contributed by atoms with Crippen LogP contribution in [0.4, 0.5) is 13.2 Å². The lowest BCUT2D eigenvalue weighted by Gasteiger charge is -2.28. The summed E-state index contributed by atoms with van der Waals surface area (Å²) in [7, 11) is 0. The van der Waals surface area contributed by atoms with Crippen molar-refractivity contribution in [2.24, 2.45) is 5.73 Å². The third kappa shape index (κ3) is 3.27. The minimum Gasteiger partial charge on any atom is -0.327 e. The summed E-state index contributed by atoms with van der Waals surface area (Å²) >= 11 is 7.57. The fraction of sp³-hybridized carbons (Fsp3) is 0.182. The molecule has 3 nitrogen and oxygen atoms in total. The van der Waals surface area contributed by atoms with E-state index >= 15 is 0 Å². The number of aromatic nitrogens is 2. The number of nitrogens with two attached hydrogens (primary N) is 1. The number of benzene rings is 2. The molecule has 2 aromatic carbocycles. The van der Waals surface area contributed by atoms with E-state index in [1.807, 2.05) is 24.3 Å². The molecule has 8 heteroatoms. The molecule has 0 spiro atoms. The van der Waals surface area contributed by atoms with Gasteiger partial charge in [0.2, 0.25) is 0 Å². The van der Waals surface area contributed by atoms with Crippen molar-refractivity contribution < 1.29 is 13.2 Å². The van der Waals surface area contributed by atoms with Crippen LogP contribution in [-0.4, -0.2) is 16.0 Å². The van der Waals surface area contributed by atoms with Gasteiger partial charge in [-0.3, -0.25) is 4.98 Å². The fourth-order valence-electron chi connectivity index (χ4n) is 3.98. The van der Waals surface area contributed by atoms with Crippen molar-refractivity contribution in [3.05, 3.63) is 75.7 Å². The van der Waals surface area contributed by atoms with Crippen molar-refractivity contribution in [3.63, 3.8) is 0 Å². The van der Waals surface area contributed by atoms with Gasteiger partial charge >= 0.3 is 0 Å². The number of rotatable bonds is 2. The van der Waals surface area contributed by atoms with Crippen LogP contribution in [-0.2, 0) is 0 Å². The van der Waals surface area contributed by atoms with Gasteiger partial charge in [-0.15, -0.1) is 11.3 Å². The first-order valence-corrected chi connectivity index (χ1v) is 10.5. The highest BCUT2D eigenvalue weighted by Crippen LogP contribution is 2.40. The van der Waals surface area contributed by atoms with Gasteiger partial charge in [0.15, 0.2) is 11.6 Å². The Hall–Kier alpha value is -2.48. The molecule has 4 aromatic rings. The molecule has 2 N–H and O–H groups in total. The Morgan fingerprint density at radius 3 is 2.63 bits per heavy atom. The van der Waals surface area contributed by atoms with Crippen LogP contribution in [0.1, 0.15) is 29.3 Å². The Morgan fingerprint density at radius 2 is 1.83 bits per heavy atom. The quantitative estimate of drug-likeness (QED) is 0.373. The molecular formula is C22H15ClF3N3S. The number of allylic oxidation sites excluding steroid dienone is 1. The molecule has 152 valence electrons. The molecular weight excluding hydrogens is 431 g/mol. The van der Waals surface area contributed by atoms with Gasteiger partial charge in [-0.1, -0.05) is 23.7 Å². The second-order valence-electron chi connectivity index (χ2n) is 7.38. The highest BCUT2D eigenvalue weighted by Gasteiger charge is 2.29. The van der Waals surface area contributed by atoms with Crippen LogP contribution >= 0.6 is 22.9 Å². The smallest absolute Gasteiger partial charge is 0.161 e. The van der Waals surface area contributed by atoms with Gasteiger partial charge in [0, 0.05) is 29.6 Å². The van der Waals surface area contributed by atoms with Crippen LogP contribution < -0.4 is 5.73 Å². The first-order valence-electron chi connectivity index (χ1n) is 9.35. The standard InChI is InChI=1S/C22H15ClF3N3S/c23-12-5-10-2-4-19-21(20(10)28-9-12)29-22(30-19)11-1-3-13(18(27)6-11)14-7-16(25)17(26)8-15(14)24/h1-2,4-5,7-9,13,18H,3,6,27H2/t13-,18+/m1/s1. The minimum atomic E-state index is -1.20. The van der Waals surface area contributed by atoms with Gasteiger partial charge in [0.05, 0.1) is 15.2 Å². The zero-order valence-electron chi connectivity index (χ0n) is 15.5. The molecule has 0 unspecified atom stereocenters. The molecule has 0 aliphatic heterocycles. The Balaban J connectivity index is 1.51. The van der Waals surface area contributed by atoms with E-state index in [4.69, 9.17) is 22.3 Å². The van der Waals surface area contributed by atoms with E-state index in [1.165, 1.54) is 11.3 Å². The fourth-order valence-corrected chi connectivity index (χ4v) is 5.16. The highest BCUT2D eigenvalue weighted by atomic mass is 35.5. The second-order valence-corrected chi connectivity index (χ2v) is 8.85. The number of halogens is 4. The lowest BCUT2D eigenvalue weighted by molar-refractivity contribution is 0.463. The summed E-state index contributed by atoms with van der Waals surface area (Å²) in [5.41, 5.74) is 8.97. The molecule has 1 aliphatic rings. The molecule has 0 radical (unpaired) electrons. The SMILES string of the molecule is N[C@H]1CC(c2nc3c(ccc4cc(Cl)cnc43)s2)=CC[C@@H]1c1cc(F)c(F)cc1F. The molecule has 2 heterocycles. The summed E-state index contributed by atoms with van der Waals surface area (Å²) in [6.45, 7) is 0. The molecule has 30 heavy (non-hydrogen) atoms. The third-order valence-corrected chi connectivity index (χ3v) is 6.78. The summed E-state index contributed by atoms with van der Waals surface area (Å²) in [5.74, 6) is -3.47. The van der Waals surface area contributed by atoms with Crippen molar-refractivity contribution in [1.82, 2.24) is 9.97 Å². The van der Waals surface area contributed by atoms with Crippen LogP contribution in [0, 0.1) is 17.5 Å². The number of hydrogen-bond acceptors (Lipinski definition) is 4. The van der Waals surface area contributed by atoms with Crippen LogP contribution in [0.5, 0.6) is 0 Å². The van der Waals surface area contributed by atoms with E-state index in [9.17, 15) is 13.2 Å². The van der Waals surface area contributed by atoms with Gasteiger partial charge in [-0.2, -0.15) is 0 Å². The first-order chi connectivity index (χ1) is 14.4. The Labute approximate surface area is 179 Å². The Bertz CT molecular complexity index is 1330. The van der Waals surface area contributed by atoms with Gasteiger partial charge in [-0.05, 0) is 42.2 Å². The number of pyridine rings is 1. The van der Waals surface area contributed by atoms with E-state index in [1.54, 1.807) is 6.20 Å². The molecule has 2 atom stereocenters. The zero-order valence-corrected chi connectivity index (χ0v) is 17.1. The maximum atomic E-state index is 14.2. The van der Waals surface area contributed by atoms with E-state index in [0.717, 1.165) is 37.8 Å². The average Bonchev–Trinajstić information content (AvgIpc) is 3.15. The number of hydrogen-bond donors (Lipinski definition) is 1. The Kier molecular flexibility index (Phi) is 4.76. The molecule has 0 saturated heterocycles. The highest BCUT2D eigenvalue weighted by molar-refractivity contribution is 7.19. The molecule has 0 bridgehead atoms. The van der Waals surface area contributed by atoms with Crippen LogP contribution in [0.25, 0.3) is 26.7 Å². The summed E-state index contributed by atoms with van der Waals surface area (Å²) in [4.78, 5) is 9.19. The van der Waals surface area contributed by atoms with Crippen molar-refractivity contribution in [3.8, 4) is 0 Å². The molecule has 0 amide bonds. The van der Waals surface area contributed by atoms with Gasteiger partial charge in [0.1, 0.15) is 16.3 Å². The average molecular weight is 446 g/mol. The summed E-state index contributed by atoms with van der Waals surface area (Å²) in [5, 5.41) is 2.30. The molecule has 1 aliphatic carbocycles. The maximum absolute atomic E-state index is 14.2. The topological polar surface area (TPSA) is 51.8 Å². The van der Waals surface area contributed by atoms with Crippen LogP contribution in [0.3, 0.4) is 0 Å². The second kappa shape index (κ2) is 7.34. The normalized spacial score (nSPS) is 19.4. The number of nitrogens with zero attached hydrogens (tertiary/aromatic N) is 2. The van der Waals surface area contributed by atoms with Crippen molar-refractivity contribution in [2.45, 2.75) is 24.8 Å². The molecule has 0 fully saturated rings. The Morgan fingerprint density at radius 1 is 1.03 bits per heavy atom. The van der Waals surface area contributed by atoms with Crippen molar-refractivity contribution >= 4 is 49.6 Å². The summed E-state index contributed by atoms with van der Waals surface area (Å²) < 4.78 is 42.1. The minimum absolute atomic E-state index is 0.105. The predicted octanol–water partition coefficient (Wildman–Crippen LogP) is 6.20. The van der Waals surface area contributed by atoms with Gasteiger partial charge in [0.25, 0.3) is 0 Å². The van der Waals surface area contributed by atoms with Crippen LogP contribution in [0.2, 0.25) is 5.02 Å². The maximum Gasteiger partial charge on any atom is 0.161 e. The van der Waals surface area contributed by atoms with E-state index in [-0.39, 0.29) is 5.56 Å². The predicted molar refractivity (Wildman–Crippen MR) is 114 cm³/mol. The first kappa shape index (κ1) is 19.5. The number of fused-ring (bicyclic) bond motifs is 3. The van der Waals surface area contributed by atoms with Crippen molar-refractivity contribution in [2.75, 3.05) is 0 Å².